The van der Waals surface area contributed by atoms with Crippen LogP contribution in [0.1, 0.15) is 30.8 Å². The topological polar surface area (TPSA) is 103 Å². The Morgan fingerprint density at radius 3 is 2.95 bits per heavy atom. The van der Waals surface area contributed by atoms with Gasteiger partial charge in [-0.25, -0.2) is 18.1 Å². The summed E-state index contributed by atoms with van der Waals surface area (Å²) in [4.78, 5) is 4.33. The van der Waals surface area contributed by atoms with E-state index in [1.54, 1.807) is 10.9 Å². The first-order valence-electron chi connectivity index (χ1n) is 6.71. The van der Waals surface area contributed by atoms with Crippen molar-refractivity contribution in [3.63, 3.8) is 0 Å². The molecule has 0 saturated heterocycles. The molecule has 3 N–H and O–H groups in total. The highest BCUT2D eigenvalue weighted by Crippen LogP contribution is 2.21. The SMILES string of the molecule is CCC(NS(=O)(=O)c1cnn(CCCN)c1)c1nccs1. The van der Waals surface area contributed by atoms with Gasteiger partial charge in [0.15, 0.2) is 0 Å². The molecule has 0 radical (unpaired) electrons. The van der Waals surface area contributed by atoms with Crippen LogP contribution in [0.4, 0.5) is 0 Å². The number of nitrogens with one attached hydrogen (secondary N) is 1. The van der Waals surface area contributed by atoms with E-state index >= 15 is 0 Å². The lowest BCUT2D eigenvalue weighted by molar-refractivity contribution is 0.548. The number of hydrogen-bond acceptors (Lipinski definition) is 6. The standard InChI is InChI=1S/C12H19N5O2S2/c1-2-11(12-14-5-7-20-12)16-21(18,19)10-8-15-17(9-10)6-3-4-13/h5,7-9,11,16H,2-4,6,13H2,1H3. The molecular formula is C12H19N5O2S2. The van der Waals surface area contributed by atoms with Crippen molar-refractivity contribution in [1.29, 1.82) is 0 Å². The highest BCUT2D eigenvalue weighted by molar-refractivity contribution is 7.89. The summed E-state index contributed by atoms with van der Waals surface area (Å²) in [6, 6.07) is -0.317. The Hall–Kier alpha value is -1.29. The molecule has 0 fully saturated rings. The molecule has 0 aliphatic rings. The van der Waals surface area contributed by atoms with E-state index in [9.17, 15) is 8.42 Å². The van der Waals surface area contributed by atoms with E-state index in [1.807, 2.05) is 12.3 Å². The highest BCUT2D eigenvalue weighted by atomic mass is 32.2. The van der Waals surface area contributed by atoms with Gasteiger partial charge in [0.25, 0.3) is 0 Å². The van der Waals surface area contributed by atoms with Gasteiger partial charge in [-0.05, 0) is 19.4 Å². The first kappa shape index (κ1) is 16.1. The van der Waals surface area contributed by atoms with Gasteiger partial charge in [0.2, 0.25) is 10.0 Å². The third-order valence-electron chi connectivity index (χ3n) is 2.97. The molecule has 0 spiro atoms. The summed E-state index contributed by atoms with van der Waals surface area (Å²) in [7, 11) is -3.60. The zero-order chi connectivity index (χ0) is 15.3. The molecule has 9 heteroatoms. The Morgan fingerprint density at radius 1 is 1.52 bits per heavy atom. The Morgan fingerprint density at radius 2 is 2.33 bits per heavy atom. The maximum atomic E-state index is 12.4. The molecule has 1 atom stereocenters. The van der Waals surface area contributed by atoms with Crippen molar-refractivity contribution < 1.29 is 8.42 Å². The number of rotatable bonds is 8. The summed E-state index contributed by atoms with van der Waals surface area (Å²) < 4.78 is 29.0. The molecule has 0 saturated carbocycles. The quantitative estimate of drug-likeness (QED) is 0.755. The fourth-order valence-electron chi connectivity index (χ4n) is 1.83. The first-order chi connectivity index (χ1) is 10.1. The van der Waals surface area contributed by atoms with Crippen molar-refractivity contribution in [3.8, 4) is 0 Å². The van der Waals surface area contributed by atoms with Gasteiger partial charge in [-0.15, -0.1) is 11.3 Å². The normalized spacial score (nSPS) is 13.4. The predicted molar refractivity (Wildman–Crippen MR) is 81.4 cm³/mol. The Kier molecular flexibility index (Phi) is 5.45. The molecule has 0 aliphatic carbocycles. The number of thiazole rings is 1. The van der Waals surface area contributed by atoms with Gasteiger partial charge in [0, 0.05) is 24.3 Å². The zero-order valence-corrected chi connectivity index (χ0v) is 13.4. The third-order valence-corrected chi connectivity index (χ3v) is 5.28. The summed E-state index contributed by atoms with van der Waals surface area (Å²) in [5.41, 5.74) is 5.43. The maximum absolute atomic E-state index is 12.4. The molecule has 21 heavy (non-hydrogen) atoms. The van der Waals surface area contributed by atoms with Crippen molar-refractivity contribution in [2.24, 2.45) is 5.73 Å². The maximum Gasteiger partial charge on any atom is 0.244 e. The summed E-state index contributed by atoms with van der Waals surface area (Å²) in [5.74, 6) is 0. The minimum atomic E-state index is -3.60. The van der Waals surface area contributed by atoms with Crippen LogP contribution in [0.2, 0.25) is 0 Å². The molecule has 2 heterocycles. The smallest absolute Gasteiger partial charge is 0.244 e. The van der Waals surface area contributed by atoms with Crippen LogP contribution in [-0.4, -0.2) is 29.7 Å². The van der Waals surface area contributed by atoms with Gasteiger partial charge < -0.3 is 5.73 Å². The number of nitrogens with two attached hydrogens (primary N) is 1. The molecule has 2 aromatic heterocycles. The zero-order valence-electron chi connectivity index (χ0n) is 11.8. The van der Waals surface area contributed by atoms with E-state index in [0.29, 0.717) is 19.5 Å². The average Bonchev–Trinajstić information content (AvgIpc) is 3.13. The Balaban J connectivity index is 2.12. The fourth-order valence-corrected chi connectivity index (χ4v) is 3.91. The van der Waals surface area contributed by atoms with Crippen LogP contribution in [0.3, 0.4) is 0 Å². The summed E-state index contributed by atoms with van der Waals surface area (Å²) in [5, 5.41) is 6.64. The Bertz CT molecular complexity index is 651. The molecule has 2 aromatic rings. The molecule has 0 bridgehead atoms. The molecule has 0 aromatic carbocycles. The van der Waals surface area contributed by atoms with Gasteiger partial charge in [-0.2, -0.15) is 5.10 Å². The van der Waals surface area contributed by atoms with Gasteiger partial charge in [0.1, 0.15) is 9.90 Å². The minimum Gasteiger partial charge on any atom is -0.330 e. The molecule has 116 valence electrons. The second-order valence-corrected chi connectivity index (χ2v) is 7.17. The van der Waals surface area contributed by atoms with Crippen LogP contribution >= 0.6 is 11.3 Å². The second kappa shape index (κ2) is 7.12. The summed E-state index contributed by atoms with van der Waals surface area (Å²) >= 11 is 1.44. The van der Waals surface area contributed by atoms with Crippen molar-refractivity contribution in [3.05, 3.63) is 29.0 Å². The number of hydrogen-bond donors (Lipinski definition) is 2. The minimum absolute atomic E-state index is 0.162. The first-order valence-corrected chi connectivity index (χ1v) is 9.07. The molecule has 0 amide bonds. The molecule has 0 aliphatic heterocycles. The third kappa shape index (κ3) is 4.10. The van der Waals surface area contributed by atoms with Crippen LogP contribution in [0, 0.1) is 0 Å². The molecular weight excluding hydrogens is 310 g/mol. The van der Waals surface area contributed by atoms with Crippen molar-refractivity contribution in [2.45, 2.75) is 37.2 Å². The average molecular weight is 329 g/mol. The van der Waals surface area contributed by atoms with Crippen molar-refractivity contribution in [1.82, 2.24) is 19.5 Å². The lowest BCUT2D eigenvalue weighted by Gasteiger charge is -2.13. The summed E-state index contributed by atoms with van der Waals surface area (Å²) in [6.07, 6.45) is 5.93. The largest absolute Gasteiger partial charge is 0.330 e. The van der Waals surface area contributed by atoms with E-state index in [1.165, 1.54) is 23.7 Å². The lowest BCUT2D eigenvalue weighted by atomic mass is 10.3. The highest BCUT2D eigenvalue weighted by Gasteiger charge is 2.23. The fraction of sp³-hybridized carbons (Fsp3) is 0.500. The lowest BCUT2D eigenvalue weighted by Crippen LogP contribution is -2.28. The van der Waals surface area contributed by atoms with Gasteiger partial charge in [-0.3, -0.25) is 4.68 Å². The van der Waals surface area contributed by atoms with E-state index in [-0.39, 0.29) is 10.9 Å². The van der Waals surface area contributed by atoms with E-state index in [0.717, 1.165) is 11.4 Å². The monoisotopic (exact) mass is 329 g/mol. The van der Waals surface area contributed by atoms with E-state index < -0.39 is 10.0 Å². The molecule has 2 rings (SSSR count). The van der Waals surface area contributed by atoms with Crippen molar-refractivity contribution >= 4 is 21.4 Å². The number of sulfonamides is 1. The predicted octanol–water partition coefficient (Wildman–Crippen LogP) is 1.12. The molecule has 7 nitrogen and oxygen atoms in total. The number of nitrogens with zero attached hydrogens (tertiary/aromatic N) is 3. The number of aryl methyl sites for hydroxylation is 1. The van der Waals surface area contributed by atoms with Crippen LogP contribution in [0.15, 0.2) is 28.9 Å². The van der Waals surface area contributed by atoms with E-state index in [4.69, 9.17) is 5.73 Å². The molecule has 1 unspecified atom stereocenters. The van der Waals surface area contributed by atoms with Gasteiger partial charge in [-0.1, -0.05) is 6.92 Å². The van der Waals surface area contributed by atoms with Crippen molar-refractivity contribution in [2.75, 3.05) is 6.54 Å². The van der Waals surface area contributed by atoms with Gasteiger partial charge in [0.05, 0.1) is 12.2 Å². The van der Waals surface area contributed by atoms with Gasteiger partial charge >= 0.3 is 0 Å². The van der Waals surface area contributed by atoms with E-state index in [2.05, 4.69) is 14.8 Å². The van der Waals surface area contributed by atoms with Crippen LogP contribution < -0.4 is 10.5 Å². The van der Waals surface area contributed by atoms with Crippen LogP contribution in [0.25, 0.3) is 0 Å². The Labute approximate surface area is 128 Å². The van der Waals surface area contributed by atoms with Crippen LogP contribution in [-0.2, 0) is 16.6 Å². The number of aromatic nitrogens is 3. The summed E-state index contributed by atoms with van der Waals surface area (Å²) in [6.45, 7) is 3.07. The second-order valence-electron chi connectivity index (χ2n) is 4.53. The van der Waals surface area contributed by atoms with Crippen LogP contribution in [0.5, 0.6) is 0 Å².